The first-order valence-electron chi connectivity index (χ1n) is 7.01. The second-order valence-electron chi connectivity index (χ2n) is 5.34. The molecule has 0 amide bonds. The monoisotopic (exact) mass is 325 g/mol. The van der Waals surface area contributed by atoms with Crippen LogP contribution in [0.1, 0.15) is 29.9 Å². The summed E-state index contributed by atoms with van der Waals surface area (Å²) in [6.07, 6.45) is 2.54. The van der Waals surface area contributed by atoms with Crippen LogP contribution in [0.4, 0.5) is 0 Å². The molecule has 1 aliphatic rings. The van der Waals surface area contributed by atoms with Crippen molar-refractivity contribution in [2.45, 2.75) is 39.0 Å². The number of halogens is 2. The van der Waals surface area contributed by atoms with Gasteiger partial charge in [0.1, 0.15) is 23.9 Å². The lowest BCUT2D eigenvalue weighted by Crippen LogP contribution is -2.15. The van der Waals surface area contributed by atoms with Gasteiger partial charge in [0.25, 0.3) is 0 Å². The molecule has 0 aliphatic heterocycles. The van der Waals surface area contributed by atoms with Crippen LogP contribution in [0.2, 0.25) is 10.0 Å². The zero-order valence-corrected chi connectivity index (χ0v) is 13.3. The molecule has 1 fully saturated rings. The van der Waals surface area contributed by atoms with Crippen molar-refractivity contribution in [1.82, 2.24) is 5.32 Å². The molecule has 21 heavy (non-hydrogen) atoms. The number of ether oxygens (including phenoxy) is 1. The van der Waals surface area contributed by atoms with Crippen molar-refractivity contribution in [3.8, 4) is 5.75 Å². The molecule has 0 bridgehead atoms. The topological polar surface area (TPSA) is 34.4 Å². The first-order valence-corrected chi connectivity index (χ1v) is 7.77. The maximum Gasteiger partial charge on any atom is 0.146 e. The highest BCUT2D eigenvalue weighted by atomic mass is 35.5. The molecule has 112 valence electrons. The van der Waals surface area contributed by atoms with E-state index in [-0.39, 0.29) is 0 Å². The lowest BCUT2D eigenvalue weighted by molar-refractivity contribution is 0.265. The maximum absolute atomic E-state index is 5.96. The fourth-order valence-corrected chi connectivity index (χ4v) is 2.37. The van der Waals surface area contributed by atoms with Gasteiger partial charge in [0.2, 0.25) is 0 Å². The third-order valence-electron chi connectivity index (χ3n) is 3.47. The molecule has 1 aliphatic carbocycles. The minimum Gasteiger partial charge on any atom is -0.486 e. The summed E-state index contributed by atoms with van der Waals surface area (Å²) in [5, 5.41) is 4.45. The van der Waals surface area contributed by atoms with Gasteiger partial charge in [0, 0.05) is 12.1 Å². The van der Waals surface area contributed by atoms with Crippen LogP contribution in [0.25, 0.3) is 0 Å². The predicted octanol–water partition coefficient (Wildman–Crippen LogP) is 4.73. The standard InChI is InChI=1S/C16H17Cl2NO2/c1-10-6-13(21-16(10)8-19-11-2-3-11)9-20-12-4-5-14(17)15(18)7-12/h4-7,11,19H,2-3,8-9H2,1H3. The Hall–Kier alpha value is -1.16. The fourth-order valence-electron chi connectivity index (χ4n) is 2.08. The maximum atomic E-state index is 5.96. The van der Waals surface area contributed by atoms with Gasteiger partial charge in [-0.1, -0.05) is 23.2 Å². The summed E-state index contributed by atoms with van der Waals surface area (Å²) in [6.45, 7) is 3.21. The van der Waals surface area contributed by atoms with Crippen molar-refractivity contribution in [1.29, 1.82) is 0 Å². The van der Waals surface area contributed by atoms with E-state index in [2.05, 4.69) is 12.2 Å². The Morgan fingerprint density at radius 3 is 2.76 bits per heavy atom. The molecule has 0 atom stereocenters. The summed E-state index contributed by atoms with van der Waals surface area (Å²) in [5.74, 6) is 2.47. The van der Waals surface area contributed by atoms with Crippen LogP contribution in [-0.2, 0) is 13.2 Å². The molecule has 3 nitrogen and oxygen atoms in total. The summed E-state index contributed by atoms with van der Waals surface area (Å²) in [4.78, 5) is 0. The smallest absolute Gasteiger partial charge is 0.146 e. The van der Waals surface area contributed by atoms with Gasteiger partial charge in [-0.2, -0.15) is 0 Å². The molecule has 1 heterocycles. The van der Waals surface area contributed by atoms with E-state index in [1.807, 2.05) is 6.07 Å². The Kier molecular flexibility index (Phi) is 4.43. The average molecular weight is 326 g/mol. The van der Waals surface area contributed by atoms with Gasteiger partial charge in [0.05, 0.1) is 16.6 Å². The van der Waals surface area contributed by atoms with Gasteiger partial charge in [0.15, 0.2) is 0 Å². The lowest BCUT2D eigenvalue weighted by atomic mass is 10.2. The fraction of sp³-hybridized carbons (Fsp3) is 0.375. The van der Waals surface area contributed by atoms with Gasteiger partial charge in [-0.05, 0) is 43.5 Å². The molecule has 1 saturated carbocycles. The molecule has 0 radical (unpaired) electrons. The van der Waals surface area contributed by atoms with Crippen molar-refractivity contribution in [3.05, 3.63) is 51.4 Å². The Bertz CT molecular complexity index is 635. The van der Waals surface area contributed by atoms with E-state index in [1.165, 1.54) is 12.8 Å². The Morgan fingerprint density at radius 1 is 1.24 bits per heavy atom. The highest BCUT2D eigenvalue weighted by Crippen LogP contribution is 2.27. The summed E-state index contributed by atoms with van der Waals surface area (Å²) >= 11 is 11.8. The molecule has 1 aromatic heterocycles. The number of nitrogens with one attached hydrogen (secondary N) is 1. The molecule has 1 aromatic carbocycles. The van der Waals surface area contributed by atoms with E-state index < -0.39 is 0 Å². The SMILES string of the molecule is Cc1cc(COc2ccc(Cl)c(Cl)c2)oc1CNC1CC1. The summed E-state index contributed by atoms with van der Waals surface area (Å²) in [6, 6.07) is 7.90. The van der Waals surface area contributed by atoms with Gasteiger partial charge in [-0.3, -0.25) is 0 Å². The highest BCUT2D eigenvalue weighted by Gasteiger charge is 2.21. The first kappa shape index (κ1) is 14.8. The molecule has 5 heteroatoms. The van der Waals surface area contributed by atoms with E-state index in [1.54, 1.807) is 18.2 Å². The number of hydrogen-bond acceptors (Lipinski definition) is 3. The van der Waals surface area contributed by atoms with Crippen LogP contribution in [0.15, 0.2) is 28.7 Å². The van der Waals surface area contributed by atoms with Gasteiger partial charge < -0.3 is 14.5 Å². The number of hydrogen-bond donors (Lipinski definition) is 1. The first-order chi connectivity index (χ1) is 10.1. The number of aryl methyl sites for hydroxylation is 1. The quantitative estimate of drug-likeness (QED) is 0.834. The van der Waals surface area contributed by atoms with Crippen LogP contribution in [0.3, 0.4) is 0 Å². The zero-order chi connectivity index (χ0) is 14.8. The van der Waals surface area contributed by atoms with Gasteiger partial charge >= 0.3 is 0 Å². The second-order valence-corrected chi connectivity index (χ2v) is 6.15. The largest absolute Gasteiger partial charge is 0.486 e. The van der Waals surface area contributed by atoms with Crippen molar-refractivity contribution in [2.75, 3.05) is 0 Å². The van der Waals surface area contributed by atoms with Crippen LogP contribution in [0.5, 0.6) is 5.75 Å². The number of rotatable bonds is 6. The van der Waals surface area contributed by atoms with Crippen LogP contribution < -0.4 is 10.1 Å². The third-order valence-corrected chi connectivity index (χ3v) is 4.21. The average Bonchev–Trinajstić information content (AvgIpc) is 3.22. The van der Waals surface area contributed by atoms with E-state index in [9.17, 15) is 0 Å². The zero-order valence-electron chi connectivity index (χ0n) is 11.8. The van der Waals surface area contributed by atoms with E-state index in [4.69, 9.17) is 32.4 Å². The van der Waals surface area contributed by atoms with Crippen molar-refractivity contribution in [2.24, 2.45) is 0 Å². The lowest BCUT2D eigenvalue weighted by Gasteiger charge is -2.05. The van der Waals surface area contributed by atoms with E-state index in [0.717, 1.165) is 23.6 Å². The van der Waals surface area contributed by atoms with E-state index >= 15 is 0 Å². The van der Waals surface area contributed by atoms with E-state index in [0.29, 0.717) is 28.4 Å². The van der Waals surface area contributed by atoms with Gasteiger partial charge in [-0.25, -0.2) is 0 Å². The Morgan fingerprint density at radius 2 is 2.05 bits per heavy atom. The molecule has 3 rings (SSSR count). The van der Waals surface area contributed by atoms with Crippen molar-refractivity contribution < 1.29 is 9.15 Å². The minimum atomic E-state index is 0.377. The summed E-state index contributed by atoms with van der Waals surface area (Å²) in [7, 11) is 0. The van der Waals surface area contributed by atoms with Crippen molar-refractivity contribution in [3.63, 3.8) is 0 Å². The second kappa shape index (κ2) is 6.30. The molecule has 2 aromatic rings. The van der Waals surface area contributed by atoms with Crippen molar-refractivity contribution >= 4 is 23.2 Å². The molecule has 0 spiro atoms. The highest BCUT2D eigenvalue weighted by molar-refractivity contribution is 6.42. The summed E-state index contributed by atoms with van der Waals surface area (Å²) in [5.41, 5.74) is 1.15. The normalized spacial score (nSPS) is 14.4. The minimum absolute atomic E-state index is 0.377. The Balaban J connectivity index is 1.59. The summed E-state index contributed by atoms with van der Waals surface area (Å²) < 4.78 is 11.5. The third kappa shape index (κ3) is 3.94. The number of benzene rings is 1. The molecule has 1 N–H and O–H groups in total. The van der Waals surface area contributed by atoms with Crippen LogP contribution in [-0.4, -0.2) is 6.04 Å². The predicted molar refractivity (Wildman–Crippen MR) is 84.1 cm³/mol. The van der Waals surface area contributed by atoms with Gasteiger partial charge in [-0.15, -0.1) is 0 Å². The Labute approximate surface area is 134 Å². The van der Waals surface area contributed by atoms with Crippen LogP contribution in [0, 0.1) is 6.92 Å². The molecule has 0 saturated heterocycles. The van der Waals surface area contributed by atoms with Crippen LogP contribution >= 0.6 is 23.2 Å². The molecule has 0 unspecified atom stereocenters. The molecular formula is C16H17Cl2NO2. The number of furan rings is 1. The molecular weight excluding hydrogens is 309 g/mol.